The molecule has 0 unspecified atom stereocenters. The van der Waals surface area contributed by atoms with Crippen molar-refractivity contribution in [1.29, 1.82) is 0 Å². The minimum absolute atomic E-state index is 0.438. The standard InChI is InChI=1S/C13H21N3O/c1-11(17)12-4-5-13(14-10-12)16-7-3-6-15(2)8-9-16/h4-5,10-11,17H,3,6-9H2,1-2H3/t11-/m0/s1. The Morgan fingerprint density at radius 1 is 1.24 bits per heavy atom. The molecule has 94 valence electrons. The highest BCUT2D eigenvalue weighted by molar-refractivity contribution is 5.39. The Balaban J connectivity index is 2.06. The Hall–Kier alpha value is -1.13. The fourth-order valence-electron chi connectivity index (χ4n) is 2.11. The molecule has 0 saturated carbocycles. The number of anilines is 1. The van der Waals surface area contributed by atoms with Gasteiger partial charge in [0.25, 0.3) is 0 Å². The first-order valence-electron chi connectivity index (χ1n) is 6.24. The van der Waals surface area contributed by atoms with Crippen LogP contribution in [0.25, 0.3) is 0 Å². The number of hydrogen-bond acceptors (Lipinski definition) is 4. The second kappa shape index (κ2) is 5.47. The van der Waals surface area contributed by atoms with Crippen LogP contribution in [-0.2, 0) is 0 Å². The van der Waals surface area contributed by atoms with Crippen molar-refractivity contribution < 1.29 is 5.11 Å². The lowest BCUT2D eigenvalue weighted by Crippen LogP contribution is -2.29. The van der Waals surface area contributed by atoms with Gasteiger partial charge in [-0.1, -0.05) is 6.07 Å². The van der Waals surface area contributed by atoms with E-state index in [1.54, 1.807) is 13.1 Å². The van der Waals surface area contributed by atoms with Crippen molar-refractivity contribution in [2.24, 2.45) is 0 Å². The van der Waals surface area contributed by atoms with Gasteiger partial charge in [-0.2, -0.15) is 0 Å². The first kappa shape index (κ1) is 12.3. The molecule has 1 aliphatic heterocycles. The number of aromatic nitrogens is 1. The quantitative estimate of drug-likeness (QED) is 0.838. The van der Waals surface area contributed by atoms with Crippen molar-refractivity contribution in [1.82, 2.24) is 9.88 Å². The van der Waals surface area contributed by atoms with Gasteiger partial charge in [0.15, 0.2) is 0 Å². The molecule has 0 aliphatic carbocycles. The highest BCUT2D eigenvalue weighted by Gasteiger charge is 2.13. The third-order valence-electron chi connectivity index (χ3n) is 3.30. The zero-order chi connectivity index (χ0) is 12.3. The van der Waals surface area contributed by atoms with Crippen LogP contribution in [0.5, 0.6) is 0 Å². The molecule has 1 aliphatic rings. The highest BCUT2D eigenvalue weighted by atomic mass is 16.3. The zero-order valence-corrected chi connectivity index (χ0v) is 10.6. The third-order valence-corrected chi connectivity index (χ3v) is 3.30. The molecule has 4 nitrogen and oxygen atoms in total. The van der Waals surface area contributed by atoms with Gasteiger partial charge in [-0.25, -0.2) is 4.98 Å². The van der Waals surface area contributed by atoms with Crippen LogP contribution in [0.1, 0.15) is 25.0 Å². The van der Waals surface area contributed by atoms with Crippen LogP contribution in [0.2, 0.25) is 0 Å². The lowest BCUT2D eigenvalue weighted by Gasteiger charge is -2.21. The van der Waals surface area contributed by atoms with E-state index in [2.05, 4.69) is 21.8 Å². The summed E-state index contributed by atoms with van der Waals surface area (Å²) < 4.78 is 0. The smallest absolute Gasteiger partial charge is 0.128 e. The maximum atomic E-state index is 9.44. The van der Waals surface area contributed by atoms with Crippen molar-refractivity contribution in [3.05, 3.63) is 23.9 Å². The average molecular weight is 235 g/mol. The summed E-state index contributed by atoms with van der Waals surface area (Å²) in [4.78, 5) is 9.10. The van der Waals surface area contributed by atoms with Gasteiger partial charge in [-0.3, -0.25) is 0 Å². The number of aliphatic hydroxyl groups is 1. The molecule has 0 spiro atoms. The van der Waals surface area contributed by atoms with Crippen LogP contribution in [0, 0.1) is 0 Å². The second-order valence-electron chi connectivity index (χ2n) is 4.77. The Morgan fingerprint density at radius 2 is 2.06 bits per heavy atom. The van der Waals surface area contributed by atoms with Gasteiger partial charge >= 0.3 is 0 Å². The van der Waals surface area contributed by atoms with Gasteiger partial charge in [-0.15, -0.1) is 0 Å². The maximum absolute atomic E-state index is 9.44. The predicted molar refractivity (Wildman–Crippen MR) is 69.2 cm³/mol. The van der Waals surface area contributed by atoms with Crippen LogP contribution in [0.4, 0.5) is 5.82 Å². The third kappa shape index (κ3) is 3.17. The molecule has 2 heterocycles. The van der Waals surface area contributed by atoms with Crippen molar-refractivity contribution >= 4 is 5.82 Å². The van der Waals surface area contributed by atoms with Crippen molar-refractivity contribution in [3.63, 3.8) is 0 Å². The van der Waals surface area contributed by atoms with Gasteiger partial charge in [0.05, 0.1) is 6.10 Å². The Morgan fingerprint density at radius 3 is 2.71 bits per heavy atom. The summed E-state index contributed by atoms with van der Waals surface area (Å²) in [5, 5.41) is 9.44. The van der Waals surface area contributed by atoms with Gasteiger partial charge in [0.1, 0.15) is 5.82 Å². The molecule has 1 saturated heterocycles. The zero-order valence-electron chi connectivity index (χ0n) is 10.6. The number of aliphatic hydroxyl groups excluding tert-OH is 1. The Bertz CT molecular complexity index is 350. The van der Waals surface area contributed by atoms with E-state index < -0.39 is 6.10 Å². The number of likely N-dealkylation sites (N-methyl/N-ethyl adjacent to an activating group) is 1. The van der Waals surface area contributed by atoms with Crippen molar-refractivity contribution in [2.45, 2.75) is 19.4 Å². The second-order valence-corrected chi connectivity index (χ2v) is 4.77. The van der Waals surface area contributed by atoms with Crippen LogP contribution in [-0.4, -0.2) is 48.2 Å². The van der Waals surface area contributed by atoms with Crippen molar-refractivity contribution in [3.8, 4) is 0 Å². The normalized spacial score (nSPS) is 20.1. The largest absolute Gasteiger partial charge is 0.389 e. The van der Waals surface area contributed by atoms with E-state index in [0.717, 1.165) is 37.6 Å². The molecule has 4 heteroatoms. The minimum atomic E-state index is -0.438. The van der Waals surface area contributed by atoms with E-state index in [9.17, 15) is 5.11 Å². The minimum Gasteiger partial charge on any atom is -0.389 e. The van der Waals surface area contributed by atoms with E-state index in [1.165, 1.54) is 6.42 Å². The maximum Gasteiger partial charge on any atom is 0.128 e. The van der Waals surface area contributed by atoms with Crippen LogP contribution < -0.4 is 4.90 Å². The van der Waals surface area contributed by atoms with E-state index in [0.29, 0.717) is 0 Å². The first-order chi connectivity index (χ1) is 8.16. The molecule has 0 radical (unpaired) electrons. The summed E-state index contributed by atoms with van der Waals surface area (Å²) >= 11 is 0. The summed E-state index contributed by atoms with van der Waals surface area (Å²) in [7, 11) is 2.16. The molecule has 0 bridgehead atoms. The van der Waals surface area contributed by atoms with Gasteiger partial charge < -0.3 is 14.9 Å². The van der Waals surface area contributed by atoms with Gasteiger partial charge in [-0.05, 0) is 38.6 Å². The van der Waals surface area contributed by atoms with E-state index in [1.807, 2.05) is 12.1 Å². The molecule has 2 rings (SSSR count). The first-order valence-corrected chi connectivity index (χ1v) is 6.24. The summed E-state index contributed by atoms with van der Waals surface area (Å²) in [5.74, 6) is 1.02. The monoisotopic (exact) mass is 235 g/mol. The number of hydrogen-bond donors (Lipinski definition) is 1. The molecule has 1 atom stereocenters. The molecule has 0 amide bonds. The molecule has 1 fully saturated rings. The highest BCUT2D eigenvalue weighted by Crippen LogP contribution is 2.17. The number of rotatable bonds is 2. The lowest BCUT2D eigenvalue weighted by atomic mass is 10.2. The molecular weight excluding hydrogens is 214 g/mol. The molecule has 17 heavy (non-hydrogen) atoms. The molecular formula is C13H21N3O. The topological polar surface area (TPSA) is 39.6 Å². The Kier molecular flexibility index (Phi) is 3.97. The fraction of sp³-hybridized carbons (Fsp3) is 0.615. The van der Waals surface area contributed by atoms with Crippen molar-refractivity contribution in [2.75, 3.05) is 38.1 Å². The van der Waals surface area contributed by atoms with Crippen LogP contribution in [0.3, 0.4) is 0 Å². The van der Waals surface area contributed by atoms with E-state index in [-0.39, 0.29) is 0 Å². The SMILES string of the molecule is C[C@H](O)c1ccc(N2CCCN(C)CC2)nc1. The summed E-state index contributed by atoms with van der Waals surface area (Å²) in [6.07, 6.45) is 2.51. The van der Waals surface area contributed by atoms with E-state index in [4.69, 9.17) is 0 Å². The molecule has 0 aromatic carbocycles. The van der Waals surface area contributed by atoms with Crippen LogP contribution >= 0.6 is 0 Å². The lowest BCUT2D eigenvalue weighted by molar-refractivity contribution is 0.199. The number of pyridine rings is 1. The fourth-order valence-corrected chi connectivity index (χ4v) is 2.11. The summed E-state index contributed by atoms with van der Waals surface area (Å²) in [5.41, 5.74) is 0.876. The number of nitrogens with zero attached hydrogens (tertiary/aromatic N) is 3. The van der Waals surface area contributed by atoms with Gasteiger partial charge in [0, 0.05) is 25.8 Å². The molecule has 1 N–H and O–H groups in total. The summed E-state index contributed by atoms with van der Waals surface area (Å²) in [6, 6.07) is 3.97. The van der Waals surface area contributed by atoms with E-state index >= 15 is 0 Å². The summed E-state index contributed by atoms with van der Waals surface area (Å²) in [6.45, 7) is 6.09. The van der Waals surface area contributed by atoms with Gasteiger partial charge in [0.2, 0.25) is 0 Å². The molecule has 1 aromatic heterocycles. The Labute approximate surface area is 103 Å². The van der Waals surface area contributed by atoms with Crippen LogP contribution in [0.15, 0.2) is 18.3 Å². The predicted octanol–water partition coefficient (Wildman–Crippen LogP) is 1.28. The average Bonchev–Trinajstić information content (AvgIpc) is 2.54. The molecule has 1 aromatic rings.